The van der Waals surface area contributed by atoms with Crippen LogP contribution in [0.1, 0.15) is 46.5 Å². The lowest BCUT2D eigenvalue weighted by Gasteiger charge is -2.19. The molecule has 0 aliphatic heterocycles. The Morgan fingerprint density at radius 3 is 2.07 bits per heavy atom. The normalized spacial score (nSPS) is 14.6. The predicted molar refractivity (Wildman–Crippen MR) is 62.2 cm³/mol. The molecule has 0 rings (SSSR count). The van der Waals surface area contributed by atoms with E-state index in [1.807, 2.05) is 0 Å². The first-order valence-corrected chi connectivity index (χ1v) is 7.60. The molecular formula is C11H24O2S. The Morgan fingerprint density at radius 1 is 1.14 bits per heavy atom. The fraction of sp³-hybridized carbons (Fsp3) is 1.00. The minimum Gasteiger partial charge on any atom is -0.229 e. The van der Waals surface area contributed by atoms with Crippen LogP contribution in [0.5, 0.6) is 0 Å². The van der Waals surface area contributed by atoms with E-state index < -0.39 is 9.84 Å². The monoisotopic (exact) mass is 220 g/mol. The Balaban J connectivity index is 3.97. The van der Waals surface area contributed by atoms with E-state index >= 15 is 0 Å². The van der Waals surface area contributed by atoms with Gasteiger partial charge in [-0.3, -0.25) is 0 Å². The number of sulfone groups is 1. The molecule has 0 unspecified atom stereocenters. The summed E-state index contributed by atoms with van der Waals surface area (Å²) in [6.45, 7) is 6.54. The molecule has 0 aliphatic carbocycles. The lowest BCUT2D eigenvalue weighted by atomic mass is 9.88. The van der Waals surface area contributed by atoms with E-state index in [0.29, 0.717) is 17.6 Å². The summed E-state index contributed by atoms with van der Waals surface area (Å²) in [4.78, 5) is 0. The van der Waals surface area contributed by atoms with Crippen molar-refractivity contribution < 1.29 is 8.42 Å². The van der Waals surface area contributed by atoms with Crippen LogP contribution in [-0.2, 0) is 9.84 Å². The van der Waals surface area contributed by atoms with Gasteiger partial charge in [0.15, 0.2) is 0 Å². The zero-order valence-corrected chi connectivity index (χ0v) is 10.7. The molecule has 0 spiro atoms. The zero-order chi connectivity index (χ0) is 11.2. The highest BCUT2D eigenvalue weighted by molar-refractivity contribution is 7.90. The predicted octanol–water partition coefficient (Wildman–Crippen LogP) is 2.88. The number of hydrogen-bond donors (Lipinski definition) is 0. The third kappa shape index (κ3) is 7.36. The zero-order valence-electron chi connectivity index (χ0n) is 9.91. The molecule has 0 saturated heterocycles. The molecule has 14 heavy (non-hydrogen) atoms. The maximum Gasteiger partial charge on any atom is 0.147 e. The van der Waals surface area contributed by atoms with Crippen LogP contribution in [0.15, 0.2) is 0 Å². The summed E-state index contributed by atoms with van der Waals surface area (Å²) < 4.78 is 22.1. The van der Waals surface area contributed by atoms with Crippen LogP contribution >= 0.6 is 0 Å². The molecule has 0 saturated carbocycles. The SMILES string of the molecule is CCCC[C@H](CCS(C)(=O)=O)C(C)C. The van der Waals surface area contributed by atoms with Gasteiger partial charge in [-0.05, 0) is 18.3 Å². The average Bonchev–Trinajstić information content (AvgIpc) is 2.01. The fourth-order valence-corrected chi connectivity index (χ4v) is 2.37. The Morgan fingerprint density at radius 2 is 1.71 bits per heavy atom. The number of rotatable bonds is 7. The Bertz CT molecular complexity index is 230. The van der Waals surface area contributed by atoms with E-state index in [9.17, 15) is 8.42 Å². The summed E-state index contributed by atoms with van der Waals surface area (Å²) in [6, 6.07) is 0. The van der Waals surface area contributed by atoms with Gasteiger partial charge in [-0.25, -0.2) is 8.42 Å². The summed E-state index contributed by atoms with van der Waals surface area (Å²) in [7, 11) is -2.78. The minimum absolute atomic E-state index is 0.347. The van der Waals surface area contributed by atoms with Gasteiger partial charge in [0.1, 0.15) is 9.84 Å². The molecule has 86 valence electrons. The molecule has 0 aromatic carbocycles. The first-order valence-electron chi connectivity index (χ1n) is 5.54. The molecule has 0 bridgehead atoms. The first kappa shape index (κ1) is 13.9. The summed E-state index contributed by atoms with van der Waals surface area (Å²) in [6.07, 6.45) is 5.74. The standard InChI is InChI=1S/C11H24O2S/c1-5-6-7-11(10(2)3)8-9-14(4,12)13/h10-11H,5-9H2,1-4H3/t11-/m1/s1. The lowest BCUT2D eigenvalue weighted by molar-refractivity contribution is 0.340. The molecule has 0 amide bonds. The highest BCUT2D eigenvalue weighted by atomic mass is 32.2. The van der Waals surface area contributed by atoms with Crippen molar-refractivity contribution in [3.05, 3.63) is 0 Å². The summed E-state index contributed by atoms with van der Waals surface area (Å²) in [5.41, 5.74) is 0. The van der Waals surface area contributed by atoms with Gasteiger partial charge in [-0.1, -0.05) is 40.0 Å². The molecule has 0 heterocycles. The highest BCUT2D eigenvalue weighted by Gasteiger charge is 2.15. The minimum atomic E-state index is -2.78. The van der Waals surface area contributed by atoms with Crippen LogP contribution in [0.25, 0.3) is 0 Å². The molecule has 0 aromatic heterocycles. The van der Waals surface area contributed by atoms with Crippen molar-refractivity contribution in [3.8, 4) is 0 Å². The van der Waals surface area contributed by atoms with E-state index in [1.54, 1.807) is 0 Å². The Kier molecular flexibility index (Phi) is 6.41. The van der Waals surface area contributed by atoms with Gasteiger partial charge in [0, 0.05) is 6.26 Å². The van der Waals surface area contributed by atoms with Crippen molar-refractivity contribution in [1.29, 1.82) is 0 Å². The fourth-order valence-electron chi connectivity index (χ4n) is 1.64. The molecule has 0 N–H and O–H groups in total. The van der Waals surface area contributed by atoms with E-state index in [1.165, 1.54) is 25.5 Å². The van der Waals surface area contributed by atoms with Crippen molar-refractivity contribution in [2.45, 2.75) is 46.5 Å². The van der Waals surface area contributed by atoms with E-state index in [4.69, 9.17) is 0 Å². The second-order valence-corrected chi connectivity index (χ2v) is 6.82. The van der Waals surface area contributed by atoms with E-state index in [2.05, 4.69) is 20.8 Å². The molecule has 0 fully saturated rings. The third-order valence-corrected chi connectivity index (χ3v) is 3.71. The maximum absolute atomic E-state index is 11.0. The van der Waals surface area contributed by atoms with Crippen LogP contribution < -0.4 is 0 Å². The van der Waals surface area contributed by atoms with Crippen LogP contribution in [0.3, 0.4) is 0 Å². The first-order chi connectivity index (χ1) is 6.37. The van der Waals surface area contributed by atoms with Gasteiger partial charge in [-0.2, -0.15) is 0 Å². The van der Waals surface area contributed by atoms with Crippen molar-refractivity contribution >= 4 is 9.84 Å². The van der Waals surface area contributed by atoms with Gasteiger partial charge >= 0.3 is 0 Å². The number of unbranched alkanes of at least 4 members (excludes halogenated alkanes) is 1. The van der Waals surface area contributed by atoms with Crippen LogP contribution in [-0.4, -0.2) is 20.4 Å². The quantitative estimate of drug-likeness (QED) is 0.661. The smallest absolute Gasteiger partial charge is 0.147 e. The third-order valence-electron chi connectivity index (χ3n) is 2.73. The maximum atomic E-state index is 11.0. The van der Waals surface area contributed by atoms with Crippen molar-refractivity contribution in [2.75, 3.05) is 12.0 Å². The van der Waals surface area contributed by atoms with Crippen LogP contribution in [0.4, 0.5) is 0 Å². The number of hydrogen-bond acceptors (Lipinski definition) is 2. The van der Waals surface area contributed by atoms with E-state index in [-0.39, 0.29) is 0 Å². The molecule has 1 atom stereocenters. The van der Waals surface area contributed by atoms with Crippen LogP contribution in [0, 0.1) is 11.8 Å². The van der Waals surface area contributed by atoms with Gasteiger partial charge in [0.25, 0.3) is 0 Å². The molecular weight excluding hydrogens is 196 g/mol. The summed E-state index contributed by atoms with van der Waals surface area (Å²) >= 11 is 0. The van der Waals surface area contributed by atoms with Crippen LogP contribution in [0.2, 0.25) is 0 Å². The highest BCUT2D eigenvalue weighted by Crippen LogP contribution is 2.22. The molecule has 0 aliphatic rings. The van der Waals surface area contributed by atoms with E-state index in [0.717, 1.165) is 6.42 Å². The second-order valence-electron chi connectivity index (χ2n) is 4.56. The van der Waals surface area contributed by atoms with Gasteiger partial charge in [0.05, 0.1) is 5.75 Å². The molecule has 0 aromatic rings. The Hall–Kier alpha value is -0.0500. The molecule has 0 radical (unpaired) electrons. The summed E-state index contributed by atoms with van der Waals surface area (Å²) in [5.74, 6) is 1.52. The average molecular weight is 220 g/mol. The van der Waals surface area contributed by atoms with Gasteiger partial charge < -0.3 is 0 Å². The van der Waals surface area contributed by atoms with Crippen molar-refractivity contribution in [3.63, 3.8) is 0 Å². The van der Waals surface area contributed by atoms with Crippen molar-refractivity contribution in [2.24, 2.45) is 11.8 Å². The van der Waals surface area contributed by atoms with Gasteiger partial charge in [0.2, 0.25) is 0 Å². The second kappa shape index (κ2) is 6.44. The van der Waals surface area contributed by atoms with Crippen molar-refractivity contribution in [1.82, 2.24) is 0 Å². The largest absolute Gasteiger partial charge is 0.229 e. The Labute approximate surface area is 89.0 Å². The molecule has 2 nitrogen and oxygen atoms in total. The topological polar surface area (TPSA) is 34.1 Å². The lowest BCUT2D eigenvalue weighted by Crippen LogP contribution is -2.14. The van der Waals surface area contributed by atoms with Gasteiger partial charge in [-0.15, -0.1) is 0 Å². The molecule has 3 heteroatoms. The summed E-state index contributed by atoms with van der Waals surface area (Å²) in [5, 5.41) is 0.